The van der Waals surface area contributed by atoms with E-state index in [0.29, 0.717) is 13.2 Å². The number of aromatic nitrogens is 2. The highest BCUT2D eigenvalue weighted by Crippen LogP contribution is 2.21. The van der Waals surface area contributed by atoms with Crippen LogP contribution in [-0.4, -0.2) is 36.3 Å². The number of nitrogens with one attached hydrogen (secondary N) is 1. The monoisotopic (exact) mass is 211 g/mol. The molecule has 1 aliphatic heterocycles. The quantitative estimate of drug-likeness (QED) is 0.785. The Morgan fingerprint density at radius 3 is 2.87 bits per heavy atom. The van der Waals surface area contributed by atoms with Crippen LogP contribution < -0.4 is 5.32 Å². The van der Waals surface area contributed by atoms with E-state index in [2.05, 4.69) is 10.4 Å². The lowest BCUT2D eigenvalue weighted by Crippen LogP contribution is -2.22. The fourth-order valence-corrected chi connectivity index (χ4v) is 1.78. The van der Waals surface area contributed by atoms with Gasteiger partial charge in [-0.05, 0) is 7.05 Å². The second-order valence-corrected chi connectivity index (χ2v) is 3.70. The van der Waals surface area contributed by atoms with Gasteiger partial charge < -0.3 is 14.8 Å². The smallest absolute Gasteiger partial charge is 0.159 e. The molecule has 1 saturated heterocycles. The first-order valence-corrected chi connectivity index (χ1v) is 5.18. The van der Waals surface area contributed by atoms with Crippen LogP contribution in [0.4, 0.5) is 0 Å². The first-order valence-electron chi connectivity index (χ1n) is 5.18. The summed E-state index contributed by atoms with van der Waals surface area (Å²) in [5.74, 6) is 0. The Morgan fingerprint density at radius 2 is 2.33 bits per heavy atom. The fourth-order valence-electron chi connectivity index (χ4n) is 1.78. The third-order valence-corrected chi connectivity index (χ3v) is 2.59. The molecule has 1 N–H and O–H groups in total. The van der Waals surface area contributed by atoms with Crippen molar-refractivity contribution in [3.63, 3.8) is 0 Å². The van der Waals surface area contributed by atoms with Crippen molar-refractivity contribution >= 4 is 0 Å². The van der Waals surface area contributed by atoms with E-state index in [1.807, 2.05) is 26.5 Å². The van der Waals surface area contributed by atoms with Gasteiger partial charge in [-0.15, -0.1) is 0 Å². The molecule has 0 amide bonds. The molecule has 5 heteroatoms. The van der Waals surface area contributed by atoms with Crippen molar-refractivity contribution in [3.05, 3.63) is 18.0 Å². The van der Waals surface area contributed by atoms with Crippen molar-refractivity contribution in [2.75, 3.05) is 20.3 Å². The molecule has 5 nitrogen and oxygen atoms in total. The minimum absolute atomic E-state index is 0.0809. The molecule has 15 heavy (non-hydrogen) atoms. The van der Waals surface area contributed by atoms with Gasteiger partial charge in [0.25, 0.3) is 0 Å². The van der Waals surface area contributed by atoms with Crippen molar-refractivity contribution in [3.8, 4) is 0 Å². The molecule has 84 valence electrons. The van der Waals surface area contributed by atoms with E-state index in [9.17, 15) is 0 Å². The second kappa shape index (κ2) is 4.74. The largest absolute Gasteiger partial charge is 0.350 e. The lowest BCUT2D eigenvalue weighted by atomic mass is 10.1. The fraction of sp³-hybridized carbons (Fsp3) is 0.700. The molecular weight excluding hydrogens is 194 g/mol. The summed E-state index contributed by atoms with van der Waals surface area (Å²) in [6, 6.07) is 0.238. The predicted molar refractivity (Wildman–Crippen MR) is 55.3 cm³/mol. The maximum absolute atomic E-state index is 5.42. The second-order valence-electron chi connectivity index (χ2n) is 3.70. The summed E-state index contributed by atoms with van der Waals surface area (Å²) in [6.07, 6.45) is 4.62. The minimum Gasteiger partial charge on any atom is -0.350 e. The number of nitrogens with zero attached hydrogens (tertiary/aromatic N) is 2. The molecule has 0 aliphatic carbocycles. The van der Waals surface area contributed by atoms with Gasteiger partial charge in [0.1, 0.15) is 0 Å². The molecule has 1 aromatic rings. The van der Waals surface area contributed by atoms with E-state index in [1.165, 1.54) is 5.56 Å². The van der Waals surface area contributed by atoms with Crippen LogP contribution in [0.2, 0.25) is 0 Å². The van der Waals surface area contributed by atoms with Crippen LogP contribution in [0.5, 0.6) is 0 Å². The molecule has 2 heterocycles. The Hall–Kier alpha value is -0.910. The van der Waals surface area contributed by atoms with Crippen molar-refractivity contribution in [2.24, 2.45) is 7.05 Å². The first-order chi connectivity index (χ1) is 7.29. The van der Waals surface area contributed by atoms with Gasteiger partial charge in [0.2, 0.25) is 0 Å². The lowest BCUT2D eigenvalue weighted by Gasteiger charge is -2.17. The van der Waals surface area contributed by atoms with Gasteiger partial charge in [-0.2, -0.15) is 5.10 Å². The molecule has 1 aliphatic rings. The number of aryl methyl sites for hydroxylation is 1. The average Bonchev–Trinajstić information content (AvgIpc) is 2.85. The van der Waals surface area contributed by atoms with E-state index in [0.717, 1.165) is 6.42 Å². The molecule has 2 rings (SSSR count). The first kappa shape index (κ1) is 10.6. The zero-order valence-corrected chi connectivity index (χ0v) is 9.14. The number of rotatable bonds is 4. The summed E-state index contributed by atoms with van der Waals surface area (Å²) in [7, 11) is 3.85. The third kappa shape index (κ3) is 2.56. The summed E-state index contributed by atoms with van der Waals surface area (Å²) in [4.78, 5) is 0. The van der Waals surface area contributed by atoms with E-state index in [1.54, 1.807) is 4.68 Å². The lowest BCUT2D eigenvalue weighted by molar-refractivity contribution is -0.0526. The highest BCUT2D eigenvalue weighted by molar-refractivity contribution is 5.10. The normalized spacial score (nSPS) is 19.6. The van der Waals surface area contributed by atoms with Gasteiger partial charge in [0.05, 0.1) is 19.4 Å². The zero-order chi connectivity index (χ0) is 10.7. The maximum Gasteiger partial charge on any atom is 0.159 e. The molecule has 0 radical (unpaired) electrons. The third-order valence-electron chi connectivity index (χ3n) is 2.59. The van der Waals surface area contributed by atoms with Gasteiger partial charge in [-0.1, -0.05) is 0 Å². The standard InChI is InChI=1S/C10H17N3O2/c1-11-9(5-10-14-3-4-15-10)8-6-12-13(2)7-8/h6-7,9-11H,3-5H2,1-2H3. The van der Waals surface area contributed by atoms with Gasteiger partial charge in [-0.25, -0.2) is 0 Å². The van der Waals surface area contributed by atoms with Crippen LogP contribution in [0.1, 0.15) is 18.0 Å². The molecule has 0 aromatic carbocycles. The zero-order valence-electron chi connectivity index (χ0n) is 9.14. The molecule has 0 saturated carbocycles. The predicted octanol–water partition coefficient (Wildman–Crippen LogP) is 0.444. The summed E-state index contributed by atoms with van der Waals surface area (Å²) >= 11 is 0. The molecule has 1 unspecified atom stereocenters. The number of hydrogen-bond acceptors (Lipinski definition) is 4. The van der Waals surface area contributed by atoms with Crippen LogP contribution >= 0.6 is 0 Å². The van der Waals surface area contributed by atoms with Crippen LogP contribution in [0.15, 0.2) is 12.4 Å². The highest BCUT2D eigenvalue weighted by atomic mass is 16.7. The van der Waals surface area contributed by atoms with E-state index in [4.69, 9.17) is 9.47 Å². The molecular formula is C10H17N3O2. The van der Waals surface area contributed by atoms with Crippen molar-refractivity contribution in [1.29, 1.82) is 0 Å². The van der Waals surface area contributed by atoms with Crippen LogP contribution in [0, 0.1) is 0 Å². The molecule has 0 bridgehead atoms. The Labute approximate surface area is 89.4 Å². The topological polar surface area (TPSA) is 48.3 Å². The average molecular weight is 211 g/mol. The minimum atomic E-state index is -0.0809. The Morgan fingerprint density at radius 1 is 1.60 bits per heavy atom. The summed E-state index contributed by atoms with van der Waals surface area (Å²) < 4.78 is 12.6. The van der Waals surface area contributed by atoms with Crippen molar-refractivity contribution in [2.45, 2.75) is 18.8 Å². The van der Waals surface area contributed by atoms with Crippen LogP contribution in [0.25, 0.3) is 0 Å². The SMILES string of the molecule is CNC(CC1OCCO1)c1cnn(C)c1. The summed E-state index contributed by atoms with van der Waals surface area (Å²) in [5, 5.41) is 7.40. The van der Waals surface area contributed by atoms with E-state index in [-0.39, 0.29) is 12.3 Å². The number of ether oxygens (including phenoxy) is 2. The number of hydrogen-bond donors (Lipinski definition) is 1. The maximum atomic E-state index is 5.42. The Balaban J connectivity index is 1.97. The van der Waals surface area contributed by atoms with E-state index >= 15 is 0 Å². The Bertz CT molecular complexity index is 307. The molecule has 1 atom stereocenters. The van der Waals surface area contributed by atoms with Gasteiger partial charge in [-0.3, -0.25) is 4.68 Å². The van der Waals surface area contributed by atoms with Gasteiger partial charge in [0.15, 0.2) is 6.29 Å². The van der Waals surface area contributed by atoms with Crippen molar-refractivity contribution in [1.82, 2.24) is 15.1 Å². The highest BCUT2D eigenvalue weighted by Gasteiger charge is 2.22. The molecule has 1 aromatic heterocycles. The summed E-state index contributed by atoms with van der Waals surface area (Å²) in [5.41, 5.74) is 1.17. The molecule has 1 fully saturated rings. The van der Waals surface area contributed by atoms with Gasteiger partial charge in [0, 0.05) is 31.3 Å². The van der Waals surface area contributed by atoms with Crippen LogP contribution in [-0.2, 0) is 16.5 Å². The van der Waals surface area contributed by atoms with Crippen molar-refractivity contribution < 1.29 is 9.47 Å². The Kier molecular flexibility index (Phi) is 3.35. The van der Waals surface area contributed by atoms with Crippen LogP contribution in [0.3, 0.4) is 0 Å². The van der Waals surface area contributed by atoms with Gasteiger partial charge >= 0.3 is 0 Å². The van der Waals surface area contributed by atoms with E-state index < -0.39 is 0 Å². The molecule has 0 spiro atoms. The summed E-state index contributed by atoms with van der Waals surface area (Å²) in [6.45, 7) is 1.41.